The third kappa shape index (κ3) is 42.7. The van der Waals surface area contributed by atoms with Crippen LogP contribution >= 0.6 is 0 Å². The number of amides is 21. The lowest BCUT2D eigenvalue weighted by Crippen LogP contribution is -2.59. The Labute approximate surface area is 716 Å². The van der Waals surface area contributed by atoms with Crippen LogP contribution in [0.5, 0.6) is 0 Å². The molecule has 698 valence electrons. The molecule has 0 spiro atoms. The summed E-state index contributed by atoms with van der Waals surface area (Å²) in [7, 11) is 0. The molecule has 124 heavy (non-hydrogen) atoms. The predicted molar refractivity (Wildman–Crippen MR) is 445 cm³/mol. The maximum atomic E-state index is 13.8. The molecule has 0 saturated heterocycles. The van der Waals surface area contributed by atoms with E-state index < -0.39 is 263 Å². The van der Waals surface area contributed by atoms with Crippen molar-refractivity contribution in [2.24, 2.45) is 28.7 Å². The minimum atomic E-state index is -1.42. The van der Waals surface area contributed by atoms with Crippen molar-refractivity contribution in [2.45, 2.75) is 290 Å². The summed E-state index contributed by atoms with van der Waals surface area (Å²) in [4.78, 5) is 275. The van der Waals surface area contributed by atoms with Crippen LogP contribution in [0.3, 0.4) is 0 Å². The van der Waals surface area contributed by atoms with Gasteiger partial charge in [0.05, 0.1) is 6.04 Å². The number of primary amides is 1. The lowest BCUT2D eigenvalue weighted by Gasteiger charge is -2.25. The normalized spacial score (nSPS) is 15.9. The summed E-state index contributed by atoms with van der Waals surface area (Å²) >= 11 is 0. The SMILES string of the molecule is C[C@H](N)C(=O)N[C@@H](C)C(=O)N[C@@H](C)C(=O)N[C@@H](C)C(=O)N[C@@H](C)C(=O)N[C@@H](C)C(=O)N[C@@H](C)C(=O)N[C@@H](C)C(=O)N[C@@H](CCCNC(=N)N)C(=O)N[C@@H](C)C(=O)N[C@@H](C)C(=O)N[C@@H](C)C(=O)N[C@@H](C)C(=O)N[C@@H](CCCNC(=N)N)C(=O)N[C@@H](C)C(=O)N[C@@H](C)C(=O)N[C@@H](C)C(=O)N[C@@H](C)C(=O)N[C@@H](CCCNC(=N)N)C(=O)N[C@@H](C)C(=O)N[C@@H](C)C(N)=O. The van der Waals surface area contributed by atoms with E-state index in [1.807, 2.05) is 0 Å². The Morgan fingerprint density at radius 2 is 0.315 bits per heavy atom. The van der Waals surface area contributed by atoms with Crippen molar-refractivity contribution < 1.29 is 101 Å². The number of hydrogen-bond acceptors (Lipinski definition) is 25. The second-order valence-corrected chi connectivity index (χ2v) is 29.7. The number of guanidine groups is 3. The molecule has 0 heterocycles. The molecule has 36 N–H and O–H groups in total. The molecule has 0 aromatic carbocycles. The van der Waals surface area contributed by atoms with E-state index in [2.05, 4.69) is 122 Å². The van der Waals surface area contributed by atoms with E-state index in [1.165, 1.54) is 125 Å². The standard InChI is InChI=1S/C72H129N31O21/c1-28(73)50(105)85-30(3)52(107)86-31(4)53(108)87-32(5)54(109)88-33(6)55(110)89-34(7)56(111)90-37(10)59(114)96-44(17)65(120)102-47(23-20-26-82-71(77)78)68(123)99-41(14)63(118)94-36(9)58(113)92-39(12)61(116)97-45(18)66(121)103-48(24-21-27-83-72(79)80)69(124)100-42(15)62(117)93-35(8)57(112)91-38(11)60(115)95-43(16)64(119)101-46(22-19-25-81-70(75)76)67(122)98-40(13)51(106)84-29(2)49(74)104/h28-48H,19-27,73H2,1-18H3,(H2,74,104)(H,84,106)(H,85,105)(H,86,107)(H,87,108)(H,88,109)(H,89,110)(H,90,111)(H,91,112)(H,92,113)(H,93,117)(H,94,118)(H,95,115)(H,96,114)(H,97,116)(H,98,122)(H,99,123)(H,100,124)(H,101,119)(H,102,120)(H,103,121)(H4,75,76,81)(H4,77,78,82)(H4,79,80,83)/t28-,29-,30-,31-,32-,33-,34-,35-,36-,37-,38-,39-,40-,41-,42-,43-,44-,45-,46-,47-,48-/m0/s1. The molecule has 52 heteroatoms. The fourth-order valence-corrected chi connectivity index (χ4v) is 10.1. The van der Waals surface area contributed by atoms with Crippen molar-refractivity contribution in [3.8, 4) is 0 Å². The molecule has 21 atom stereocenters. The highest BCUT2D eigenvalue weighted by Gasteiger charge is 2.36. The minimum absolute atomic E-state index is 0.0374. The summed E-state index contributed by atoms with van der Waals surface area (Å²) in [6.07, 6.45) is 0.0478. The van der Waals surface area contributed by atoms with Gasteiger partial charge in [0.1, 0.15) is 121 Å². The maximum Gasteiger partial charge on any atom is 0.243 e. The van der Waals surface area contributed by atoms with Crippen LogP contribution in [0.4, 0.5) is 0 Å². The highest BCUT2D eigenvalue weighted by Crippen LogP contribution is 2.07. The van der Waals surface area contributed by atoms with Gasteiger partial charge in [0.2, 0.25) is 124 Å². The molecule has 0 rings (SSSR count). The molecule has 0 fully saturated rings. The van der Waals surface area contributed by atoms with Crippen LogP contribution in [0.25, 0.3) is 0 Å². The van der Waals surface area contributed by atoms with Crippen molar-refractivity contribution in [1.82, 2.24) is 122 Å². The smallest absolute Gasteiger partial charge is 0.243 e. The first-order valence-electron chi connectivity index (χ1n) is 39.8. The summed E-state index contributed by atoms with van der Waals surface area (Å²) in [5.41, 5.74) is 26.8. The number of carbonyl (C=O) groups is 21. The Kier molecular flexibility index (Phi) is 48.9. The number of rotatable bonds is 53. The van der Waals surface area contributed by atoms with Crippen molar-refractivity contribution in [1.29, 1.82) is 16.2 Å². The van der Waals surface area contributed by atoms with E-state index in [1.54, 1.807) is 0 Å². The monoisotopic (exact) mass is 1760 g/mol. The molecular weight excluding hydrogens is 1630 g/mol. The molecule has 21 amide bonds. The first kappa shape index (κ1) is 111. The van der Waals surface area contributed by atoms with Crippen molar-refractivity contribution in [3.63, 3.8) is 0 Å². The molecule has 0 aromatic rings. The zero-order valence-electron chi connectivity index (χ0n) is 72.9. The Morgan fingerprint density at radius 3 is 0.444 bits per heavy atom. The van der Waals surface area contributed by atoms with Crippen LogP contribution in [0.1, 0.15) is 163 Å². The van der Waals surface area contributed by atoms with Gasteiger partial charge in [0, 0.05) is 19.6 Å². The lowest BCUT2D eigenvalue weighted by molar-refractivity contribution is -0.135. The molecule has 0 aliphatic heterocycles. The molecule has 0 unspecified atom stereocenters. The van der Waals surface area contributed by atoms with Crippen LogP contribution in [0.2, 0.25) is 0 Å². The molecule has 0 saturated carbocycles. The average molecular weight is 1770 g/mol. The van der Waals surface area contributed by atoms with Crippen molar-refractivity contribution >= 4 is 142 Å². The Morgan fingerprint density at radius 1 is 0.194 bits per heavy atom. The van der Waals surface area contributed by atoms with E-state index in [9.17, 15) is 101 Å². The van der Waals surface area contributed by atoms with Gasteiger partial charge in [0.25, 0.3) is 0 Å². The van der Waals surface area contributed by atoms with Crippen LogP contribution in [-0.2, 0) is 101 Å². The second kappa shape index (κ2) is 54.8. The Hall–Kier alpha value is -13.4. The molecule has 52 nitrogen and oxygen atoms in total. The minimum Gasteiger partial charge on any atom is -0.370 e. The van der Waals surface area contributed by atoms with E-state index in [4.69, 9.17) is 44.9 Å². The van der Waals surface area contributed by atoms with E-state index in [0.29, 0.717) is 0 Å². The molecule has 0 aliphatic carbocycles. The third-order valence-corrected chi connectivity index (χ3v) is 18.1. The Bertz CT molecular complexity index is 3850. The second-order valence-electron chi connectivity index (χ2n) is 29.7. The van der Waals surface area contributed by atoms with Gasteiger partial charge >= 0.3 is 0 Å². The molecule has 0 radical (unpaired) electrons. The quantitative estimate of drug-likeness (QED) is 0.0153. The number of carbonyl (C=O) groups excluding carboxylic acids is 21. The predicted octanol–water partition coefficient (Wildman–Crippen LogP) is -13.4. The van der Waals surface area contributed by atoms with Gasteiger partial charge in [-0.1, -0.05) is 0 Å². The number of nitrogens with one attached hydrogen (secondary N) is 26. The first-order valence-corrected chi connectivity index (χ1v) is 39.8. The number of nitrogens with two attached hydrogens (primary N) is 5. The molecule has 0 aliphatic rings. The maximum absolute atomic E-state index is 13.8. The summed E-state index contributed by atoms with van der Waals surface area (Å²) in [6.45, 7) is 23.3. The van der Waals surface area contributed by atoms with Gasteiger partial charge in [-0.2, -0.15) is 0 Å². The van der Waals surface area contributed by atoms with E-state index in [-0.39, 0.29) is 64.1 Å². The first-order chi connectivity index (χ1) is 57.4. The third-order valence-electron chi connectivity index (χ3n) is 18.1. The topological polar surface area (TPSA) is 837 Å². The van der Waals surface area contributed by atoms with Gasteiger partial charge in [-0.3, -0.25) is 117 Å². The summed E-state index contributed by atoms with van der Waals surface area (Å²) in [5.74, 6) is -19.2. The van der Waals surface area contributed by atoms with Crippen molar-refractivity contribution in [2.75, 3.05) is 19.6 Å². The van der Waals surface area contributed by atoms with Gasteiger partial charge in [-0.05, 0) is 163 Å². The van der Waals surface area contributed by atoms with Crippen LogP contribution < -0.4 is 151 Å². The largest absolute Gasteiger partial charge is 0.370 e. The summed E-state index contributed by atoms with van der Waals surface area (Å²) < 4.78 is 0. The zero-order valence-corrected chi connectivity index (χ0v) is 72.9. The number of hydrogen-bond donors (Lipinski definition) is 31. The van der Waals surface area contributed by atoms with Gasteiger partial charge in [-0.25, -0.2) is 0 Å². The molecular formula is C72H129N31O21. The van der Waals surface area contributed by atoms with Crippen molar-refractivity contribution in [3.05, 3.63) is 0 Å². The highest BCUT2D eigenvalue weighted by molar-refractivity contribution is 6.02. The molecule has 0 bridgehead atoms. The molecule has 0 aromatic heterocycles. The fourth-order valence-electron chi connectivity index (χ4n) is 10.1. The van der Waals surface area contributed by atoms with Crippen LogP contribution in [0, 0.1) is 16.2 Å². The van der Waals surface area contributed by atoms with Gasteiger partial charge in [0.15, 0.2) is 17.9 Å². The highest BCUT2D eigenvalue weighted by atomic mass is 16.2. The summed E-state index contributed by atoms with van der Waals surface area (Å²) in [6, 6.07) is -27.1. The van der Waals surface area contributed by atoms with Crippen LogP contribution in [-0.4, -0.2) is 288 Å². The lowest BCUT2D eigenvalue weighted by atomic mass is 10.1. The van der Waals surface area contributed by atoms with Gasteiger partial charge in [-0.15, -0.1) is 0 Å². The summed E-state index contributed by atoms with van der Waals surface area (Å²) in [5, 5.41) is 78.1. The van der Waals surface area contributed by atoms with Crippen LogP contribution in [0.15, 0.2) is 0 Å². The van der Waals surface area contributed by atoms with E-state index >= 15 is 0 Å². The zero-order chi connectivity index (χ0) is 95.6. The Balaban J connectivity index is 5.79. The average Bonchev–Trinajstić information content (AvgIpc) is 0.873. The van der Waals surface area contributed by atoms with Gasteiger partial charge < -0.3 is 151 Å². The van der Waals surface area contributed by atoms with E-state index in [0.717, 1.165) is 0 Å². The fraction of sp³-hybridized carbons (Fsp3) is 0.667.